The zero-order valence-electron chi connectivity index (χ0n) is 22.2. The van der Waals surface area contributed by atoms with Gasteiger partial charge in [0.15, 0.2) is 0 Å². The van der Waals surface area contributed by atoms with E-state index in [1.807, 2.05) is 45.9 Å². The highest BCUT2D eigenvalue weighted by Gasteiger charge is 2.52. The van der Waals surface area contributed by atoms with E-state index in [-0.39, 0.29) is 13.2 Å². The lowest BCUT2D eigenvalue weighted by molar-refractivity contribution is 0.00578. The minimum Gasteiger partial charge on any atom is -0.491 e. The number of pyridine rings is 1. The van der Waals surface area contributed by atoms with Crippen LogP contribution in [0, 0.1) is 0 Å². The SMILES string of the molecule is C=C(COC)/C(=C/C[C@@H](OC(=O)c1ccncc1)c1ccc(OCCO)cc1)B1OC(C)(C)C(C)(C)O1. The van der Waals surface area contributed by atoms with Gasteiger partial charge < -0.3 is 28.6 Å². The standard InChI is InChI=1S/C28H36BNO7/c1-20(19-33-6)24(29-36-27(2,3)28(4,5)37-29)11-12-25(35-26(32)22-13-15-30-16-14-22)21-7-9-23(10-8-21)34-18-17-31/h7-11,13-16,25,31H,1,12,17-19H2,2-6H3/b24-11-/t25-/m1/s1. The fourth-order valence-corrected chi connectivity index (χ4v) is 3.75. The summed E-state index contributed by atoms with van der Waals surface area (Å²) >= 11 is 0. The van der Waals surface area contributed by atoms with Crippen LogP contribution in [0.1, 0.15) is 56.1 Å². The average molecular weight is 509 g/mol. The molecule has 9 heteroatoms. The highest BCUT2D eigenvalue weighted by Crippen LogP contribution is 2.40. The minimum absolute atomic E-state index is 0.0776. The first-order valence-electron chi connectivity index (χ1n) is 12.3. The molecule has 0 spiro atoms. The molecule has 0 bridgehead atoms. The molecule has 1 saturated heterocycles. The molecule has 1 aromatic carbocycles. The van der Waals surface area contributed by atoms with Gasteiger partial charge in [-0.2, -0.15) is 0 Å². The molecule has 198 valence electrons. The van der Waals surface area contributed by atoms with Gasteiger partial charge >= 0.3 is 13.1 Å². The van der Waals surface area contributed by atoms with E-state index in [4.69, 9.17) is 28.6 Å². The van der Waals surface area contributed by atoms with Crippen molar-refractivity contribution in [3.05, 3.63) is 83.6 Å². The summed E-state index contributed by atoms with van der Waals surface area (Å²) in [6.07, 6.45) is 4.76. The predicted molar refractivity (Wildman–Crippen MR) is 141 cm³/mol. The predicted octanol–water partition coefficient (Wildman–Crippen LogP) is 4.50. The Morgan fingerprint density at radius 3 is 2.30 bits per heavy atom. The lowest BCUT2D eigenvalue weighted by Crippen LogP contribution is -2.41. The summed E-state index contributed by atoms with van der Waals surface area (Å²) in [5.74, 6) is 0.147. The molecule has 0 radical (unpaired) electrons. The monoisotopic (exact) mass is 509 g/mol. The smallest absolute Gasteiger partial charge is 0.491 e. The summed E-state index contributed by atoms with van der Waals surface area (Å²) in [7, 11) is 0.964. The number of carbonyl (C=O) groups excluding carboxylic acids is 1. The third-order valence-corrected chi connectivity index (χ3v) is 6.56. The Balaban J connectivity index is 1.91. The normalized spacial score (nSPS) is 17.4. The van der Waals surface area contributed by atoms with Crippen LogP contribution in [0.15, 0.2) is 72.5 Å². The molecule has 1 aliphatic rings. The van der Waals surface area contributed by atoms with Crippen molar-refractivity contribution in [1.82, 2.24) is 4.98 Å². The van der Waals surface area contributed by atoms with Crippen LogP contribution in [-0.4, -0.2) is 61.3 Å². The second kappa shape index (κ2) is 12.5. The van der Waals surface area contributed by atoms with Crippen LogP contribution in [0.3, 0.4) is 0 Å². The lowest BCUT2D eigenvalue weighted by Gasteiger charge is -2.32. The molecule has 1 aliphatic heterocycles. The summed E-state index contributed by atoms with van der Waals surface area (Å²) in [6, 6.07) is 10.4. The number of ether oxygens (including phenoxy) is 3. The maximum atomic E-state index is 12.9. The highest BCUT2D eigenvalue weighted by molar-refractivity contribution is 6.56. The van der Waals surface area contributed by atoms with E-state index in [1.54, 1.807) is 43.8 Å². The number of esters is 1. The Morgan fingerprint density at radius 2 is 1.73 bits per heavy atom. The topological polar surface area (TPSA) is 96.3 Å². The molecule has 1 fully saturated rings. The first-order chi connectivity index (χ1) is 17.6. The number of methoxy groups -OCH3 is 1. The van der Waals surface area contributed by atoms with Gasteiger partial charge in [0.05, 0.1) is 30.0 Å². The van der Waals surface area contributed by atoms with Gasteiger partial charge in [-0.1, -0.05) is 24.8 Å². The van der Waals surface area contributed by atoms with Crippen molar-refractivity contribution in [2.24, 2.45) is 0 Å². The molecule has 1 atom stereocenters. The summed E-state index contributed by atoms with van der Waals surface area (Å²) in [6.45, 7) is 12.6. The van der Waals surface area contributed by atoms with Crippen molar-refractivity contribution < 1.29 is 33.4 Å². The number of aromatic nitrogens is 1. The Hall–Kier alpha value is -2.98. The Morgan fingerprint density at radius 1 is 1.11 bits per heavy atom. The zero-order chi connectivity index (χ0) is 27.1. The van der Waals surface area contributed by atoms with E-state index < -0.39 is 30.4 Å². The van der Waals surface area contributed by atoms with Gasteiger partial charge in [0.2, 0.25) is 0 Å². The minimum atomic E-state index is -0.640. The molecule has 1 N–H and O–H groups in total. The lowest BCUT2D eigenvalue weighted by atomic mass is 9.73. The van der Waals surface area contributed by atoms with Gasteiger partial charge in [-0.3, -0.25) is 4.98 Å². The summed E-state index contributed by atoms with van der Waals surface area (Å²) in [5.41, 5.74) is 1.59. The van der Waals surface area contributed by atoms with Crippen molar-refractivity contribution in [2.45, 2.75) is 51.4 Å². The van der Waals surface area contributed by atoms with Crippen LogP contribution < -0.4 is 4.74 Å². The van der Waals surface area contributed by atoms with E-state index in [9.17, 15) is 4.79 Å². The van der Waals surface area contributed by atoms with E-state index in [0.29, 0.717) is 29.9 Å². The molecule has 8 nitrogen and oxygen atoms in total. The van der Waals surface area contributed by atoms with Crippen molar-refractivity contribution in [1.29, 1.82) is 0 Å². The summed E-state index contributed by atoms with van der Waals surface area (Å²) in [5, 5.41) is 9.01. The number of hydrogen-bond acceptors (Lipinski definition) is 8. The van der Waals surface area contributed by atoms with E-state index in [0.717, 1.165) is 11.0 Å². The average Bonchev–Trinajstić information content (AvgIpc) is 3.09. The molecule has 0 unspecified atom stereocenters. The van der Waals surface area contributed by atoms with Gasteiger partial charge in [-0.25, -0.2) is 4.79 Å². The second-order valence-electron chi connectivity index (χ2n) is 9.79. The number of nitrogens with zero attached hydrogens (tertiary/aromatic N) is 1. The second-order valence-corrected chi connectivity index (χ2v) is 9.79. The van der Waals surface area contributed by atoms with Crippen molar-refractivity contribution >= 4 is 13.1 Å². The number of aliphatic hydroxyl groups is 1. The van der Waals surface area contributed by atoms with Crippen LogP contribution in [0.25, 0.3) is 0 Å². The summed E-state index contributed by atoms with van der Waals surface area (Å²) in [4.78, 5) is 16.9. The molecule has 0 saturated carbocycles. The molecular formula is C28H36BNO7. The first kappa shape index (κ1) is 28.6. The highest BCUT2D eigenvalue weighted by atomic mass is 16.7. The van der Waals surface area contributed by atoms with E-state index in [2.05, 4.69) is 11.6 Å². The number of carbonyl (C=O) groups is 1. The van der Waals surface area contributed by atoms with Crippen LogP contribution >= 0.6 is 0 Å². The molecule has 0 amide bonds. The molecule has 1 aromatic heterocycles. The van der Waals surface area contributed by atoms with Gasteiger partial charge in [0, 0.05) is 25.9 Å². The fourth-order valence-electron chi connectivity index (χ4n) is 3.75. The molecule has 0 aliphatic carbocycles. The number of hydrogen-bond donors (Lipinski definition) is 1. The Bertz CT molecular complexity index is 1070. The molecule has 2 heterocycles. The van der Waals surface area contributed by atoms with E-state index >= 15 is 0 Å². The number of rotatable bonds is 12. The molecular weight excluding hydrogens is 473 g/mol. The van der Waals surface area contributed by atoms with Crippen LogP contribution in [-0.2, 0) is 18.8 Å². The zero-order valence-corrected chi connectivity index (χ0v) is 22.2. The Kier molecular flexibility index (Phi) is 9.67. The molecule has 37 heavy (non-hydrogen) atoms. The Labute approximate surface area is 219 Å². The van der Waals surface area contributed by atoms with Crippen molar-refractivity contribution in [3.8, 4) is 5.75 Å². The van der Waals surface area contributed by atoms with Crippen LogP contribution in [0.4, 0.5) is 0 Å². The van der Waals surface area contributed by atoms with Gasteiger partial charge in [-0.15, -0.1) is 0 Å². The van der Waals surface area contributed by atoms with Crippen molar-refractivity contribution in [2.75, 3.05) is 26.9 Å². The maximum Gasteiger partial charge on any atom is 0.494 e. The fraction of sp³-hybridized carbons (Fsp3) is 0.429. The molecule has 3 rings (SSSR count). The summed E-state index contributed by atoms with van der Waals surface area (Å²) < 4.78 is 29.3. The van der Waals surface area contributed by atoms with E-state index in [1.165, 1.54) is 0 Å². The third-order valence-electron chi connectivity index (χ3n) is 6.56. The first-order valence-corrected chi connectivity index (χ1v) is 12.3. The number of benzene rings is 1. The van der Waals surface area contributed by atoms with Gasteiger partial charge in [-0.05, 0) is 68.6 Å². The molecule has 2 aromatic rings. The van der Waals surface area contributed by atoms with Crippen molar-refractivity contribution in [3.63, 3.8) is 0 Å². The largest absolute Gasteiger partial charge is 0.494 e. The van der Waals surface area contributed by atoms with Crippen LogP contribution in [0.2, 0.25) is 0 Å². The maximum absolute atomic E-state index is 12.9. The van der Waals surface area contributed by atoms with Gasteiger partial charge in [0.1, 0.15) is 18.5 Å². The van der Waals surface area contributed by atoms with Crippen LogP contribution in [0.5, 0.6) is 5.75 Å². The quantitative estimate of drug-likeness (QED) is 0.254. The third kappa shape index (κ3) is 7.29. The van der Waals surface area contributed by atoms with Gasteiger partial charge in [0.25, 0.3) is 0 Å². The number of aliphatic hydroxyl groups excluding tert-OH is 1.